The number of carbonyl (C=O) groups excluding carboxylic acids is 1. The third-order valence-electron chi connectivity index (χ3n) is 3.82. The van der Waals surface area contributed by atoms with Gasteiger partial charge in [-0.2, -0.15) is 0 Å². The molecule has 0 bridgehead atoms. The Balaban J connectivity index is 1.97. The van der Waals surface area contributed by atoms with Crippen molar-refractivity contribution in [2.75, 3.05) is 32.1 Å². The molecular weight excluding hydrogens is 347 g/mol. The van der Waals surface area contributed by atoms with Crippen LogP contribution in [0.4, 0.5) is 14.9 Å². The number of urea groups is 1. The van der Waals surface area contributed by atoms with E-state index in [1.54, 1.807) is 48.4 Å². The molecule has 2 amide bonds. The molecule has 5 nitrogen and oxygen atoms in total. The molecule has 146 valence electrons. The number of hydrogen-bond donors (Lipinski definition) is 1. The number of rotatable bonds is 9. The van der Waals surface area contributed by atoms with Gasteiger partial charge in [0.15, 0.2) is 0 Å². The first-order valence-corrected chi connectivity index (χ1v) is 9.00. The molecule has 0 saturated carbocycles. The Bertz CT molecular complexity index is 737. The van der Waals surface area contributed by atoms with E-state index in [9.17, 15) is 9.18 Å². The smallest absolute Gasteiger partial charge is 0.321 e. The number of nitrogens with zero attached hydrogens (tertiary/aromatic N) is 1. The largest absolute Gasteiger partial charge is 0.489 e. The molecule has 0 unspecified atom stereocenters. The van der Waals surface area contributed by atoms with Gasteiger partial charge in [0.05, 0.1) is 6.61 Å². The molecule has 2 aromatic carbocycles. The van der Waals surface area contributed by atoms with E-state index >= 15 is 0 Å². The van der Waals surface area contributed by atoms with Gasteiger partial charge in [-0.25, -0.2) is 9.18 Å². The minimum Gasteiger partial charge on any atom is -0.489 e. The van der Waals surface area contributed by atoms with E-state index in [0.717, 1.165) is 5.56 Å². The third-order valence-corrected chi connectivity index (χ3v) is 3.82. The van der Waals surface area contributed by atoms with Gasteiger partial charge >= 0.3 is 6.03 Å². The fourth-order valence-electron chi connectivity index (χ4n) is 2.58. The van der Waals surface area contributed by atoms with Crippen molar-refractivity contribution in [3.05, 3.63) is 59.9 Å². The minimum atomic E-state index is -0.293. The zero-order chi connectivity index (χ0) is 19.6. The lowest BCUT2D eigenvalue weighted by atomic mass is 10.2. The lowest BCUT2D eigenvalue weighted by Crippen LogP contribution is -2.39. The standard InChI is InChI=1S/C21H27FN2O3/c1-16(2)14-24(10-11-26-3)21(25)23-19-8-5-9-20(13-19)27-15-17-6-4-7-18(22)12-17/h4-9,12-13,16H,10-11,14-15H2,1-3H3,(H,23,25). The molecule has 2 aromatic rings. The number of amides is 2. The molecular formula is C21H27FN2O3. The Morgan fingerprint density at radius 3 is 2.67 bits per heavy atom. The van der Waals surface area contributed by atoms with Crippen LogP contribution in [0.3, 0.4) is 0 Å². The molecule has 27 heavy (non-hydrogen) atoms. The summed E-state index contributed by atoms with van der Waals surface area (Å²) in [5, 5.41) is 2.90. The number of ether oxygens (including phenoxy) is 2. The van der Waals surface area contributed by atoms with Crippen LogP contribution < -0.4 is 10.1 Å². The normalized spacial score (nSPS) is 10.7. The summed E-state index contributed by atoms with van der Waals surface area (Å²) in [5.74, 6) is 0.663. The highest BCUT2D eigenvalue weighted by atomic mass is 19.1. The zero-order valence-electron chi connectivity index (χ0n) is 16.1. The van der Waals surface area contributed by atoms with Gasteiger partial charge < -0.3 is 19.7 Å². The van der Waals surface area contributed by atoms with Crippen molar-refractivity contribution in [3.63, 3.8) is 0 Å². The first kappa shape index (κ1) is 20.7. The van der Waals surface area contributed by atoms with Crippen LogP contribution in [0.25, 0.3) is 0 Å². The van der Waals surface area contributed by atoms with Crippen molar-refractivity contribution in [2.24, 2.45) is 5.92 Å². The highest BCUT2D eigenvalue weighted by Gasteiger charge is 2.15. The van der Waals surface area contributed by atoms with Gasteiger partial charge in [-0.3, -0.25) is 0 Å². The van der Waals surface area contributed by atoms with Crippen molar-refractivity contribution < 1.29 is 18.7 Å². The number of halogens is 1. The maximum atomic E-state index is 13.2. The molecule has 0 heterocycles. The SMILES string of the molecule is COCCN(CC(C)C)C(=O)Nc1cccc(OCc2cccc(F)c2)c1. The van der Waals surface area contributed by atoms with Crippen molar-refractivity contribution >= 4 is 11.7 Å². The third kappa shape index (κ3) is 7.27. The fourth-order valence-corrected chi connectivity index (χ4v) is 2.58. The van der Waals surface area contributed by atoms with Crippen LogP contribution in [0.2, 0.25) is 0 Å². The van der Waals surface area contributed by atoms with Crippen molar-refractivity contribution in [2.45, 2.75) is 20.5 Å². The van der Waals surface area contributed by atoms with E-state index in [2.05, 4.69) is 19.2 Å². The Morgan fingerprint density at radius 1 is 1.19 bits per heavy atom. The maximum Gasteiger partial charge on any atom is 0.321 e. The van der Waals surface area contributed by atoms with Gasteiger partial charge in [0.1, 0.15) is 18.2 Å². The number of nitrogens with one attached hydrogen (secondary N) is 1. The molecule has 0 atom stereocenters. The molecule has 0 aliphatic rings. The molecule has 6 heteroatoms. The number of carbonyl (C=O) groups is 1. The van der Waals surface area contributed by atoms with Crippen LogP contribution in [0.1, 0.15) is 19.4 Å². The van der Waals surface area contributed by atoms with Crippen molar-refractivity contribution in [1.82, 2.24) is 4.90 Å². The summed E-state index contributed by atoms with van der Waals surface area (Å²) in [5.41, 5.74) is 1.38. The van der Waals surface area contributed by atoms with Crippen LogP contribution in [-0.2, 0) is 11.3 Å². The molecule has 0 aliphatic heterocycles. The summed E-state index contributed by atoms with van der Waals surface area (Å²) in [6.07, 6.45) is 0. The minimum absolute atomic E-state index is 0.178. The summed E-state index contributed by atoms with van der Waals surface area (Å²) >= 11 is 0. The summed E-state index contributed by atoms with van der Waals surface area (Å²) in [6.45, 7) is 6.03. The summed E-state index contributed by atoms with van der Waals surface area (Å²) in [6, 6.07) is 13.3. The first-order valence-electron chi connectivity index (χ1n) is 9.00. The summed E-state index contributed by atoms with van der Waals surface area (Å²) < 4.78 is 24.0. The van der Waals surface area contributed by atoms with E-state index in [1.807, 2.05) is 0 Å². The summed E-state index contributed by atoms with van der Waals surface area (Å²) in [4.78, 5) is 14.3. The van der Waals surface area contributed by atoms with Crippen LogP contribution >= 0.6 is 0 Å². The van der Waals surface area contributed by atoms with Crippen LogP contribution in [0.15, 0.2) is 48.5 Å². The molecule has 0 fully saturated rings. The predicted octanol–water partition coefficient (Wildman–Crippen LogP) is 4.54. The Morgan fingerprint density at radius 2 is 1.96 bits per heavy atom. The van der Waals surface area contributed by atoms with Gasteiger partial charge in [-0.1, -0.05) is 32.0 Å². The maximum absolute atomic E-state index is 13.2. The molecule has 2 rings (SSSR count). The lowest BCUT2D eigenvalue weighted by Gasteiger charge is -2.24. The molecule has 0 aromatic heterocycles. The highest BCUT2D eigenvalue weighted by Crippen LogP contribution is 2.19. The van der Waals surface area contributed by atoms with Gasteiger partial charge in [-0.15, -0.1) is 0 Å². The lowest BCUT2D eigenvalue weighted by molar-refractivity contribution is 0.150. The Labute approximate surface area is 160 Å². The molecule has 0 aliphatic carbocycles. The number of hydrogen-bond acceptors (Lipinski definition) is 3. The highest BCUT2D eigenvalue weighted by molar-refractivity contribution is 5.89. The second-order valence-corrected chi connectivity index (χ2v) is 6.71. The fraction of sp³-hybridized carbons (Fsp3) is 0.381. The van der Waals surface area contributed by atoms with E-state index < -0.39 is 0 Å². The van der Waals surface area contributed by atoms with Crippen LogP contribution in [-0.4, -0.2) is 37.7 Å². The van der Waals surface area contributed by atoms with Crippen molar-refractivity contribution in [3.8, 4) is 5.75 Å². The van der Waals surface area contributed by atoms with E-state index in [-0.39, 0.29) is 18.5 Å². The average Bonchev–Trinajstić information content (AvgIpc) is 2.63. The van der Waals surface area contributed by atoms with Gasteiger partial charge in [0, 0.05) is 32.0 Å². The van der Waals surface area contributed by atoms with Gasteiger partial charge in [-0.05, 0) is 35.7 Å². The zero-order valence-corrected chi connectivity index (χ0v) is 16.1. The monoisotopic (exact) mass is 374 g/mol. The van der Waals surface area contributed by atoms with E-state index in [4.69, 9.17) is 9.47 Å². The Hall–Kier alpha value is -2.60. The average molecular weight is 374 g/mol. The summed E-state index contributed by atoms with van der Waals surface area (Å²) in [7, 11) is 1.62. The topological polar surface area (TPSA) is 50.8 Å². The van der Waals surface area contributed by atoms with Crippen LogP contribution in [0, 0.1) is 11.7 Å². The quantitative estimate of drug-likeness (QED) is 0.701. The second kappa shape index (κ2) is 10.5. The van der Waals surface area contributed by atoms with Gasteiger partial charge in [0.2, 0.25) is 0 Å². The van der Waals surface area contributed by atoms with E-state index in [1.165, 1.54) is 12.1 Å². The predicted molar refractivity (Wildman–Crippen MR) is 104 cm³/mol. The number of anilines is 1. The molecule has 0 spiro atoms. The number of methoxy groups -OCH3 is 1. The van der Waals surface area contributed by atoms with Crippen LogP contribution in [0.5, 0.6) is 5.75 Å². The molecule has 0 radical (unpaired) electrons. The number of benzene rings is 2. The first-order chi connectivity index (χ1) is 13.0. The second-order valence-electron chi connectivity index (χ2n) is 6.71. The Kier molecular flexibility index (Phi) is 8.07. The molecule has 1 N–H and O–H groups in total. The van der Waals surface area contributed by atoms with Gasteiger partial charge in [0.25, 0.3) is 0 Å². The van der Waals surface area contributed by atoms with Crippen molar-refractivity contribution in [1.29, 1.82) is 0 Å². The van der Waals surface area contributed by atoms with E-state index in [0.29, 0.717) is 37.1 Å². The molecule has 0 saturated heterocycles.